The lowest BCUT2D eigenvalue weighted by atomic mass is 10.2. The Morgan fingerprint density at radius 1 is 0.964 bits per heavy atom. The van der Waals surface area contributed by atoms with Gasteiger partial charge in [-0.25, -0.2) is 0 Å². The monoisotopic (exact) mass is 390 g/mol. The molecule has 0 aliphatic carbocycles. The second-order valence-electron chi connectivity index (χ2n) is 6.42. The normalized spacial score (nSPS) is 10.8. The number of nitrogens with zero attached hydrogens (tertiary/aromatic N) is 1. The molecule has 1 aromatic heterocycles. The Morgan fingerprint density at radius 2 is 1.75 bits per heavy atom. The number of anilines is 1. The van der Waals surface area contributed by atoms with Gasteiger partial charge in [0.05, 0.1) is 5.69 Å². The predicted molar refractivity (Wildman–Crippen MR) is 113 cm³/mol. The number of aromatic nitrogens is 1. The van der Waals surface area contributed by atoms with Crippen LogP contribution in [0.15, 0.2) is 85.1 Å². The van der Waals surface area contributed by atoms with E-state index in [1.807, 2.05) is 48.7 Å². The summed E-state index contributed by atoms with van der Waals surface area (Å²) in [5.74, 6) is 1.15. The number of rotatable bonds is 6. The van der Waals surface area contributed by atoms with Crippen LogP contribution in [0.5, 0.6) is 11.5 Å². The molecule has 140 valence electrons. The van der Waals surface area contributed by atoms with Crippen molar-refractivity contribution in [2.24, 2.45) is 0 Å². The maximum atomic E-state index is 12.5. The lowest BCUT2D eigenvalue weighted by Gasteiger charge is -2.13. The third kappa shape index (κ3) is 4.18. The Labute approximate surface area is 168 Å². The summed E-state index contributed by atoms with van der Waals surface area (Å²) in [5, 5.41) is 4.62. The maximum Gasteiger partial charge on any atom is 0.226 e. The highest BCUT2D eigenvalue weighted by molar-refractivity contribution is 6.31. The first-order valence-corrected chi connectivity index (χ1v) is 9.43. The first-order valence-electron chi connectivity index (χ1n) is 9.05. The number of nitrogens with one attached hydrogen (secondary N) is 1. The average molecular weight is 391 g/mol. The lowest BCUT2D eigenvalue weighted by molar-refractivity contribution is -0.116. The summed E-state index contributed by atoms with van der Waals surface area (Å²) >= 11 is 6.12. The van der Waals surface area contributed by atoms with Gasteiger partial charge in [-0.1, -0.05) is 48.0 Å². The van der Waals surface area contributed by atoms with Gasteiger partial charge in [0.15, 0.2) is 5.75 Å². The molecule has 5 heteroatoms. The zero-order chi connectivity index (χ0) is 19.3. The van der Waals surface area contributed by atoms with Gasteiger partial charge in [-0.2, -0.15) is 0 Å². The SMILES string of the molecule is O=C(CCn1ccc2ccccc21)Nc1cc(Cl)ccc1Oc1ccccc1. The second-order valence-corrected chi connectivity index (χ2v) is 6.86. The van der Waals surface area contributed by atoms with Gasteiger partial charge >= 0.3 is 0 Å². The fraction of sp³-hybridized carbons (Fsp3) is 0.0870. The van der Waals surface area contributed by atoms with E-state index in [1.54, 1.807) is 18.2 Å². The fourth-order valence-electron chi connectivity index (χ4n) is 3.07. The van der Waals surface area contributed by atoms with Crippen LogP contribution in [0.2, 0.25) is 5.02 Å². The van der Waals surface area contributed by atoms with Crippen molar-refractivity contribution in [1.29, 1.82) is 0 Å². The molecule has 1 amide bonds. The minimum absolute atomic E-state index is 0.0991. The number of carbonyl (C=O) groups excluding carboxylic acids is 1. The number of aryl methyl sites for hydroxylation is 1. The summed E-state index contributed by atoms with van der Waals surface area (Å²) in [4.78, 5) is 12.5. The van der Waals surface area contributed by atoms with E-state index in [4.69, 9.17) is 16.3 Å². The van der Waals surface area contributed by atoms with E-state index in [-0.39, 0.29) is 5.91 Å². The summed E-state index contributed by atoms with van der Waals surface area (Å²) in [5.41, 5.74) is 1.67. The highest BCUT2D eigenvalue weighted by atomic mass is 35.5. The Bertz CT molecular complexity index is 1110. The number of amides is 1. The standard InChI is InChI=1S/C23H19ClN2O2/c24-18-10-11-22(28-19-7-2-1-3-8-19)20(16-18)25-23(27)13-15-26-14-12-17-6-4-5-9-21(17)26/h1-12,14,16H,13,15H2,(H,25,27). The van der Waals surface area contributed by atoms with Crippen molar-refractivity contribution in [2.75, 3.05) is 5.32 Å². The quantitative estimate of drug-likeness (QED) is 0.431. The molecule has 0 aliphatic rings. The molecule has 0 atom stereocenters. The van der Waals surface area contributed by atoms with Crippen LogP contribution in [-0.4, -0.2) is 10.5 Å². The topological polar surface area (TPSA) is 43.3 Å². The van der Waals surface area contributed by atoms with E-state index in [1.165, 1.54) is 0 Å². The van der Waals surface area contributed by atoms with Crippen molar-refractivity contribution in [3.8, 4) is 11.5 Å². The van der Waals surface area contributed by atoms with Crippen LogP contribution in [0.25, 0.3) is 10.9 Å². The van der Waals surface area contributed by atoms with Crippen LogP contribution < -0.4 is 10.1 Å². The Kier molecular flexibility index (Phi) is 5.31. The lowest BCUT2D eigenvalue weighted by Crippen LogP contribution is -2.14. The van der Waals surface area contributed by atoms with Gasteiger partial charge in [0.2, 0.25) is 5.91 Å². The molecule has 0 radical (unpaired) electrons. The van der Waals surface area contributed by atoms with Gasteiger partial charge in [-0.15, -0.1) is 0 Å². The number of halogens is 1. The number of benzene rings is 3. The van der Waals surface area contributed by atoms with Crippen molar-refractivity contribution >= 4 is 34.1 Å². The zero-order valence-electron chi connectivity index (χ0n) is 15.1. The molecule has 28 heavy (non-hydrogen) atoms. The molecule has 0 unspecified atom stereocenters. The number of hydrogen-bond acceptors (Lipinski definition) is 2. The largest absolute Gasteiger partial charge is 0.455 e. The van der Waals surface area contributed by atoms with E-state index < -0.39 is 0 Å². The molecule has 4 nitrogen and oxygen atoms in total. The van der Waals surface area contributed by atoms with Crippen LogP contribution in [-0.2, 0) is 11.3 Å². The minimum Gasteiger partial charge on any atom is -0.455 e. The Balaban J connectivity index is 1.46. The molecule has 0 spiro atoms. The van der Waals surface area contributed by atoms with Gasteiger partial charge in [0.1, 0.15) is 5.75 Å². The molecule has 0 bridgehead atoms. The Hall–Kier alpha value is -3.24. The molecule has 1 heterocycles. The molecule has 0 fully saturated rings. The second kappa shape index (κ2) is 8.19. The maximum absolute atomic E-state index is 12.5. The highest BCUT2D eigenvalue weighted by Gasteiger charge is 2.11. The van der Waals surface area contributed by atoms with Gasteiger partial charge < -0.3 is 14.6 Å². The molecular weight excluding hydrogens is 372 g/mol. The van der Waals surface area contributed by atoms with Gasteiger partial charge in [0, 0.05) is 29.7 Å². The van der Waals surface area contributed by atoms with Crippen LogP contribution in [0.3, 0.4) is 0 Å². The van der Waals surface area contributed by atoms with Gasteiger partial charge in [-0.05, 0) is 47.9 Å². The smallest absolute Gasteiger partial charge is 0.226 e. The highest BCUT2D eigenvalue weighted by Crippen LogP contribution is 2.32. The van der Waals surface area contributed by atoms with Crippen molar-refractivity contribution in [3.05, 3.63) is 90.1 Å². The Morgan fingerprint density at radius 3 is 2.61 bits per heavy atom. The first kappa shape index (κ1) is 18.1. The van der Waals surface area contributed by atoms with Crippen LogP contribution in [0, 0.1) is 0 Å². The summed E-state index contributed by atoms with van der Waals surface area (Å²) in [6.45, 7) is 0.592. The van der Waals surface area contributed by atoms with Crippen molar-refractivity contribution in [3.63, 3.8) is 0 Å². The first-order chi connectivity index (χ1) is 13.7. The van der Waals surface area contributed by atoms with Crippen molar-refractivity contribution in [2.45, 2.75) is 13.0 Å². The third-order valence-corrected chi connectivity index (χ3v) is 4.68. The summed E-state index contributed by atoms with van der Waals surface area (Å²) in [6.07, 6.45) is 2.34. The summed E-state index contributed by atoms with van der Waals surface area (Å²) in [6, 6.07) is 24.8. The number of carbonyl (C=O) groups is 1. The van der Waals surface area contributed by atoms with Crippen LogP contribution >= 0.6 is 11.6 Å². The van der Waals surface area contributed by atoms with Crippen LogP contribution in [0.4, 0.5) is 5.69 Å². The number of hydrogen-bond donors (Lipinski definition) is 1. The zero-order valence-corrected chi connectivity index (χ0v) is 15.9. The predicted octanol–water partition coefficient (Wildman–Crippen LogP) is 6.12. The molecule has 3 aromatic carbocycles. The molecule has 0 saturated heterocycles. The number of fused-ring (bicyclic) bond motifs is 1. The minimum atomic E-state index is -0.0991. The van der Waals surface area contributed by atoms with Gasteiger partial charge in [-0.3, -0.25) is 4.79 Å². The molecular formula is C23H19ClN2O2. The molecule has 1 N–H and O–H groups in total. The van der Waals surface area contributed by atoms with Gasteiger partial charge in [0.25, 0.3) is 0 Å². The number of para-hydroxylation sites is 2. The molecule has 4 aromatic rings. The molecule has 0 saturated carbocycles. The van der Waals surface area contributed by atoms with Crippen LogP contribution in [0.1, 0.15) is 6.42 Å². The number of ether oxygens (including phenoxy) is 1. The van der Waals surface area contributed by atoms with Crippen molar-refractivity contribution < 1.29 is 9.53 Å². The van der Waals surface area contributed by atoms with E-state index in [9.17, 15) is 4.79 Å². The van der Waals surface area contributed by atoms with E-state index in [2.05, 4.69) is 28.1 Å². The summed E-state index contributed by atoms with van der Waals surface area (Å²) in [7, 11) is 0. The molecule has 0 aliphatic heterocycles. The molecule has 4 rings (SSSR count). The average Bonchev–Trinajstić information content (AvgIpc) is 3.12. The van der Waals surface area contributed by atoms with E-state index in [0.29, 0.717) is 35.2 Å². The van der Waals surface area contributed by atoms with Crippen molar-refractivity contribution in [1.82, 2.24) is 4.57 Å². The fourth-order valence-corrected chi connectivity index (χ4v) is 3.25. The van der Waals surface area contributed by atoms with E-state index in [0.717, 1.165) is 10.9 Å². The third-order valence-electron chi connectivity index (χ3n) is 4.45. The van der Waals surface area contributed by atoms with E-state index >= 15 is 0 Å². The summed E-state index contributed by atoms with van der Waals surface area (Å²) < 4.78 is 7.97.